The maximum atomic E-state index is 12.8. The van der Waals surface area contributed by atoms with Crippen LogP contribution in [0.3, 0.4) is 0 Å². The number of aliphatic carboxylic acids is 1. The highest BCUT2D eigenvalue weighted by Crippen LogP contribution is 2.37. The molecule has 2 aromatic carbocycles. The van der Waals surface area contributed by atoms with E-state index in [1.807, 2.05) is 0 Å². The van der Waals surface area contributed by atoms with Gasteiger partial charge in [-0.1, -0.05) is 0 Å². The van der Waals surface area contributed by atoms with Crippen molar-refractivity contribution in [3.05, 3.63) is 53.6 Å². The Labute approximate surface area is 164 Å². The number of carbonyl (C=O) groups is 1. The van der Waals surface area contributed by atoms with Crippen LogP contribution in [0.5, 0.6) is 11.5 Å². The zero-order valence-electron chi connectivity index (χ0n) is 15.1. The van der Waals surface area contributed by atoms with Crippen molar-refractivity contribution < 1.29 is 41.0 Å². The first-order valence-electron chi connectivity index (χ1n) is 7.85. The molecule has 29 heavy (non-hydrogen) atoms. The number of ether oxygens (including phenoxy) is 2. The lowest BCUT2D eigenvalue weighted by Gasteiger charge is -2.16. The second-order valence-electron chi connectivity index (χ2n) is 5.61. The molecule has 0 radical (unpaired) electrons. The summed E-state index contributed by atoms with van der Waals surface area (Å²) in [7, 11) is -1.84. The maximum absolute atomic E-state index is 12.8. The number of hydrogen-bond donors (Lipinski definition) is 2. The Morgan fingerprint density at radius 2 is 1.72 bits per heavy atom. The number of rotatable bonds is 7. The van der Waals surface area contributed by atoms with Crippen molar-refractivity contribution in [3.8, 4) is 11.5 Å². The van der Waals surface area contributed by atoms with Crippen LogP contribution in [0.2, 0.25) is 0 Å². The van der Waals surface area contributed by atoms with Crippen LogP contribution in [0.4, 0.5) is 18.9 Å². The molecule has 156 valence electrons. The molecule has 2 rings (SSSR count). The quantitative estimate of drug-likeness (QED) is 0.650. The van der Waals surface area contributed by atoms with Gasteiger partial charge in [0.05, 0.1) is 19.8 Å². The molecule has 0 aliphatic carbocycles. The Hall–Kier alpha value is -3.21. The van der Waals surface area contributed by atoms with Gasteiger partial charge in [-0.15, -0.1) is 0 Å². The molecule has 0 heterocycles. The summed E-state index contributed by atoms with van der Waals surface area (Å²) in [6.45, 7) is 0. The highest BCUT2D eigenvalue weighted by molar-refractivity contribution is 7.92. The first kappa shape index (κ1) is 22.1. The summed E-state index contributed by atoms with van der Waals surface area (Å²) >= 11 is 0. The molecule has 7 nitrogen and oxygen atoms in total. The minimum atomic E-state index is -4.56. The van der Waals surface area contributed by atoms with E-state index in [1.54, 1.807) is 0 Å². The molecule has 2 N–H and O–H groups in total. The van der Waals surface area contributed by atoms with Gasteiger partial charge in [0.1, 0.15) is 4.90 Å². The van der Waals surface area contributed by atoms with E-state index in [1.165, 1.54) is 20.3 Å². The van der Waals surface area contributed by atoms with Crippen molar-refractivity contribution in [2.24, 2.45) is 0 Å². The predicted octanol–water partition coefficient (Wildman–Crippen LogP) is 3.62. The summed E-state index contributed by atoms with van der Waals surface area (Å²) in [5.74, 6) is -1.38. The number of carboxylic acids is 1. The Bertz CT molecular complexity index is 1030. The van der Waals surface area contributed by atoms with Gasteiger partial charge < -0.3 is 14.6 Å². The number of carboxylic acid groups (broad SMARTS) is 1. The molecule has 0 aliphatic heterocycles. The van der Waals surface area contributed by atoms with Gasteiger partial charge in [0.15, 0.2) is 11.5 Å². The van der Waals surface area contributed by atoms with Crippen molar-refractivity contribution in [3.63, 3.8) is 0 Å². The Morgan fingerprint density at radius 1 is 1.10 bits per heavy atom. The lowest BCUT2D eigenvalue weighted by Crippen LogP contribution is -2.15. The molecule has 0 aromatic heterocycles. The molecule has 0 aliphatic rings. The number of alkyl halides is 3. The van der Waals surface area contributed by atoms with E-state index in [4.69, 9.17) is 14.6 Å². The van der Waals surface area contributed by atoms with E-state index >= 15 is 0 Å². The summed E-state index contributed by atoms with van der Waals surface area (Å²) in [5, 5.41) is 8.75. The van der Waals surface area contributed by atoms with E-state index in [2.05, 4.69) is 4.72 Å². The van der Waals surface area contributed by atoms with Gasteiger partial charge in [0, 0.05) is 11.8 Å². The summed E-state index contributed by atoms with van der Waals surface area (Å²) in [6, 6.07) is 5.93. The van der Waals surface area contributed by atoms with Gasteiger partial charge in [-0.3, -0.25) is 4.72 Å². The van der Waals surface area contributed by atoms with Gasteiger partial charge >= 0.3 is 12.1 Å². The van der Waals surface area contributed by atoms with Crippen LogP contribution in [-0.4, -0.2) is 33.7 Å². The van der Waals surface area contributed by atoms with Crippen LogP contribution >= 0.6 is 0 Å². The monoisotopic (exact) mass is 431 g/mol. The maximum Gasteiger partial charge on any atom is 0.416 e. The van der Waals surface area contributed by atoms with Crippen LogP contribution in [0.1, 0.15) is 11.1 Å². The Balaban J connectivity index is 2.49. The Kier molecular flexibility index (Phi) is 6.42. The molecule has 0 spiro atoms. The smallest absolute Gasteiger partial charge is 0.416 e. The van der Waals surface area contributed by atoms with Crippen LogP contribution in [-0.2, 0) is 21.0 Å². The van der Waals surface area contributed by atoms with Crippen molar-refractivity contribution in [1.29, 1.82) is 0 Å². The van der Waals surface area contributed by atoms with Crippen molar-refractivity contribution in [2.45, 2.75) is 11.1 Å². The predicted molar refractivity (Wildman–Crippen MR) is 98.5 cm³/mol. The summed E-state index contributed by atoms with van der Waals surface area (Å²) in [4.78, 5) is 10.3. The average molecular weight is 431 g/mol. The molecular weight excluding hydrogens is 415 g/mol. The van der Waals surface area contributed by atoms with E-state index in [9.17, 15) is 26.4 Å². The SMILES string of the molecule is COc1cc(/C=C/C(=O)O)cc(S(=O)(=O)Nc2ccc(C(F)(F)F)cc2)c1OC. The lowest BCUT2D eigenvalue weighted by atomic mass is 10.2. The molecule has 2 aromatic rings. The second-order valence-corrected chi connectivity index (χ2v) is 7.26. The highest BCUT2D eigenvalue weighted by Gasteiger charge is 2.30. The van der Waals surface area contributed by atoms with Crippen LogP contribution < -0.4 is 14.2 Å². The van der Waals surface area contributed by atoms with Crippen LogP contribution in [0.25, 0.3) is 6.08 Å². The van der Waals surface area contributed by atoms with Crippen molar-refractivity contribution in [1.82, 2.24) is 0 Å². The summed E-state index contributed by atoms with van der Waals surface area (Å²) in [6.07, 6.45) is -2.60. The van der Waals surface area contributed by atoms with Crippen LogP contribution in [0, 0.1) is 0 Å². The molecule has 11 heteroatoms. The molecule has 0 saturated carbocycles. The van der Waals surface area contributed by atoms with E-state index in [-0.39, 0.29) is 27.6 Å². The third kappa shape index (κ3) is 5.41. The van der Waals surface area contributed by atoms with E-state index < -0.39 is 27.7 Å². The first-order chi connectivity index (χ1) is 13.5. The third-order valence-corrected chi connectivity index (χ3v) is 5.03. The summed E-state index contributed by atoms with van der Waals surface area (Å²) < 4.78 is 76.0. The van der Waals surface area contributed by atoms with E-state index in [0.29, 0.717) is 0 Å². The number of methoxy groups -OCH3 is 2. The largest absolute Gasteiger partial charge is 0.493 e. The number of halogens is 3. The standard InChI is InChI=1S/C18H16F3NO6S/c1-27-14-9-11(3-8-16(23)24)10-15(17(14)28-2)29(25,26)22-13-6-4-12(5-7-13)18(19,20)21/h3-10,22H,1-2H3,(H,23,24)/b8-3+. The number of nitrogens with one attached hydrogen (secondary N) is 1. The number of hydrogen-bond acceptors (Lipinski definition) is 5. The van der Waals surface area contributed by atoms with Gasteiger partial charge in [-0.2, -0.15) is 13.2 Å². The highest BCUT2D eigenvalue weighted by atomic mass is 32.2. The molecule has 0 fully saturated rings. The molecule has 0 atom stereocenters. The zero-order chi connectivity index (χ0) is 21.8. The zero-order valence-corrected chi connectivity index (χ0v) is 16.0. The molecule has 0 saturated heterocycles. The minimum Gasteiger partial charge on any atom is -0.493 e. The fourth-order valence-corrected chi connectivity index (χ4v) is 3.63. The van der Waals surface area contributed by atoms with Gasteiger partial charge in [-0.25, -0.2) is 13.2 Å². The molecule has 0 amide bonds. The topological polar surface area (TPSA) is 102 Å². The number of sulfonamides is 1. The average Bonchev–Trinajstić information content (AvgIpc) is 2.64. The first-order valence-corrected chi connectivity index (χ1v) is 9.33. The molecule has 0 unspecified atom stereocenters. The minimum absolute atomic E-state index is 0.0211. The molecule has 0 bridgehead atoms. The Morgan fingerprint density at radius 3 is 2.21 bits per heavy atom. The lowest BCUT2D eigenvalue weighted by molar-refractivity contribution is -0.137. The number of anilines is 1. The van der Waals surface area contributed by atoms with E-state index in [0.717, 1.165) is 42.5 Å². The second kappa shape index (κ2) is 8.43. The van der Waals surface area contributed by atoms with Gasteiger partial charge in [0.2, 0.25) is 0 Å². The van der Waals surface area contributed by atoms with Crippen molar-refractivity contribution >= 4 is 27.8 Å². The van der Waals surface area contributed by atoms with Gasteiger partial charge in [0.25, 0.3) is 10.0 Å². The summed E-state index contributed by atoms with van der Waals surface area (Å²) in [5.41, 5.74) is -0.844. The number of benzene rings is 2. The molecular formula is C18H16F3NO6S. The fourth-order valence-electron chi connectivity index (χ4n) is 2.35. The third-order valence-electron chi connectivity index (χ3n) is 3.64. The van der Waals surface area contributed by atoms with Crippen LogP contribution in [0.15, 0.2) is 47.4 Å². The normalized spacial score (nSPS) is 12.0. The van der Waals surface area contributed by atoms with Crippen molar-refractivity contribution in [2.75, 3.05) is 18.9 Å². The fraction of sp³-hybridized carbons (Fsp3) is 0.167. The van der Waals surface area contributed by atoms with Gasteiger partial charge in [-0.05, 0) is 48.0 Å².